The average Bonchev–Trinajstić information content (AvgIpc) is 2.46. The highest BCUT2D eigenvalue weighted by Gasteiger charge is 2.17. The van der Waals surface area contributed by atoms with Gasteiger partial charge in [-0.1, -0.05) is 0 Å². The third-order valence-corrected chi connectivity index (χ3v) is 3.83. The summed E-state index contributed by atoms with van der Waals surface area (Å²) in [5.74, 6) is 1.28. The quantitative estimate of drug-likeness (QED) is 0.780. The normalized spacial score (nSPS) is 14.8. The molecule has 6 heteroatoms. The Kier molecular flexibility index (Phi) is 5.55. The van der Waals surface area contributed by atoms with Crippen LogP contribution in [-0.2, 0) is 9.53 Å². The highest BCUT2D eigenvalue weighted by molar-refractivity contribution is 7.99. The molecule has 1 heterocycles. The van der Waals surface area contributed by atoms with Gasteiger partial charge in [-0.2, -0.15) is 0 Å². The lowest BCUT2D eigenvalue weighted by Crippen LogP contribution is -2.24. The van der Waals surface area contributed by atoms with Gasteiger partial charge >= 0.3 is 5.97 Å². The van der Waals surface area contributed by atoms with Crippen LogP contribution in [0.5, 0.6) is 11.5 Å². The van der Waals surface area contributed by atoms with Crippen molar-refractivity contribution in [1.29, 1.82) is 0 Å². The van der Waals surface area contributed by atoms with Crippen molar-refractivity contribution in [2.45, 2.75) is 24.3 Å². The molecule has 0 amide bonds. The van der Waals surface area contributed by atoms with Gasteiger partial charge in [0, 0.05) is 17.3 Å². The number of fused-ring (bicyclic) bond motifs is 1. The number of carbonyl (C=O) groups is 1. The standard InChI is InChI=1S/C14H18O5S/c1-2-17-12(14(15)16)5-8-20-10-3-4-11-13(9-10)19-7-6-18-11/h3-4,9,12H,2,5-8H2,1H3,(H,15,16). The van der Waals surface area contributed by atoms with Crippen molar-refractivity contribution in [2.75, 3.05) is 25.6 Å². The molecule has 0 saturated carbocycles. The second kappa shape index (κ2) is 7.40. The molecule has 1 aliphatic rings. The fourth-order valence-corrected chi connectivity index (χ4v) is 2.80. The molecule has 1 aromatic rings. The van der Waals surface area contributed by atoms with Crippen LogP contribution in [0.25, 0.3) is 0 Å². The molecule has 0 radical (unpaired) electrons. The average molecular weight is 298 g/mol. The summed E-state index contributed by atoms with van der Waals surface area (Å²) >= 11 is 1.59. The maximum Gasteiger partial charge on any atom is 0.332 e. The largest absolute Gasteiger partial charge is 0.486 e. The Morgan fingerprint density at radius 1 is 1.40 bits per heavy atom. The lowest BCUT2D eigenvalue weighted by molar-refractivity contribution is -0.150. The van der Waals surface area contributed by atoms with Crippen molar-refractivity contribution < 1.29 is 24.1 Å². The van der Waals surface area contributed by atoms with E-state index >= 15 is 0 Å². The predicted molar refractivity (Wildman–Crippen MR) is 75.8 cm³/mol. The molecule has 1 atom stereocenters. The number of rotatable bonds is 7. The van der Waals surface area contributed by atoms with Gasteiger partial charge in [-0.3, -0.25) is 0 Å². The zero-order chi connectivity index (χ0) is 14.4. The number of hydrogen-bond donors (Lipinski definition) is 1. The Labute approximate surface area is 122 Å². The Balaban J connectivity index is 1.86. The monoisotopic (exact) mass is 298 g/mol. The summed E-state index contributed by atoms with van der Waals surface area (Å²) in [5, 5.41) is 8.99. The first-order valence-electron chi connectivity index (χ1n) is 6.57. The predicted octanol–water partition coefficient (Wildman–Crippen LogP) is 2.43. The molecule has 0 aromatic heterocycles. The third-order valence-electron chi connectivity index (χ3n) is 2.81. The molecular formula is C14H18O5S. The molecule has 5 nitrogen and oxygen atoms in total. The summed E-state index contributed by atoms with van der Waals surface area (Å²) < 4.78 is 16.1. The Morgan fingerprint density at radius 3 is 2.85 bits per heavy atom. The molecule has 20 heavy (non-hydrogen) atoms. The van der Waals surface area contributed by atoms with E-state index in [0.717, 1.165) is 16.4 Å². The number of aliphatic carboxylic acids is 1. The maximum atomic E-state index is 11.0. The lowest BCUT2D eigenvalue weighted by Gasteiger charge is -2.18. The first kappa shape index (κ1) is 15.0. The van der Waals surface area contributed by atoms with Crippen molar-refractivity contribution >= 4 is 17.7 Å². The van der Waals surface area contributed by atoms with Crippen molar-refractivity contribution in [3.63, 3.8) is 0 Å². The van der Waals surface area contributed by atoms with Crippen LogP contribution in [0, 0.1) is 0 Å². The van der Waals surface area contributed by atoms with Crippen LogP contribution < -0.4 is 9.47 Å². The molecule has 110 valence electrons. The van der Waals surface area contributed by atoms with Gasteiger partial charge in [0.1, 0.15) is 13.2 Å². The molecule has 0 spiro atoms. The van der Waals surface area contributed by atoms with Gasteiger partial charge in [0.15, 0.2) is 17.6 Å². The van der Waals surface area contributed by atoms with E-state index in [0.29, 0.717) is 32.0 Å². The van der Waals surface area contributed by atoms with Gasteiger partial charge in [0.05, 0.1) is 0 Å². The van der Waals surface area contributed by atoms with Gasteiger partial charge in [0.2, 0.25) is 0 Å². The van der Waals surface area contributed by atoms with E-state index in [4.69, 9.17) is 19.3 Å². The minimum atomic E-state index is -0.908. The number of carboxylic acids is 1. The van der Waals surface area contributed by atoms with Gasteiger partial charge in [0.25, 0.3) is 0 Å². The highest BCUT2D eigenvalue weighted by Crippen LogP contribution is 2.34. The van der Waals surface area contributed by atoms with Crippen LogP contribution in [-0.4, -0.2) is 42.8 Å². The first-order valence-corrected chi connectivity index (χ1v) is 7.56. The second-order valence-corrected chi connectivity index (χ2v) is 5.39. The molecule has 1 N–H and O–H groups in total. The van der Waals surface area contributed by atoms with Gasteiger partial charge in [-0.25, -0.2) is 4.79 Å². The van der Waals surface area contributed by atoms with E-state index in [1.165, 1.54) is 0 Å². The van der Waals surface area contributed by atoms with Crippen LogP contribution in [0.3, 0.4) is 0 Å². The zero-order valence-electron chi connectivity index (χ0n) is 11.3. The van der Waals surface area contributed by atoms with E-state index in [2.05, 4.69) is 0 Å². The molecule has 0 aliphatic carbocycles. The Bertz CT molecular complexity index is 463. The number of carboxylic acid groups (broad SMARTS) is 1. The van der Waals surface area contributed by atoms with Crippen LogP contribution in [0.15, 0.2) is 23.1 Å². The van der Waals surface area contributed by atoms with Crippen molar-refractivity contribution in [3.8, 4) is 11.5 Å². The molecule has 0 bridgehead atoms. The summed E-state index contributed by atoms with van der Waals surface area (Å²) in [6, 6.07) is 5.76. The number of hydrogen-bond acceptors (Lipinski definition) is 5. The molecular weight excluding hydrogens is 280 g/mol. The fraction of sp³-hybridized carbons (Fsp3) is 0.500. The van der Waals surface area contributed by atoms with E-state index < -0.39 is 12.1 Å². The third kappa shape index (κ3) is 4.05. The van der Waals surface area contributed by atoms with Crippen LogP contribution in [0.4, 0.5) is 0 Å². The molecule has 1 aromatic carbocycles. The van der Waals surface area contributed by atoms with Crippen molar-refractivity contribution in [1.82, 2.24) is 0 Å². The zero-order valence-corrected chi connectivity index (χ0v) is 12.1. The summed E-state index contributed by atoms with van der Waals surface area (Å²) in [5.41, 5.74) is 0. The summed E-state index contributed by atoms with van der Waals surface area (Å²) in [6.07, 6.45) is -0.257. The van der Waals surface area contributed by atoms with Gasteiger partial charge in [-0.15, -0.1) is 11.8 Å². The number of benzene rings is 1. The summed E-state index contributed by atoms with van der Waals surface area (Å²) in [6.45, 7) is 3.34. The number of ether oxygens (including phenoxy) is 3. The highest BCUT2D eigenvalue weighted by atomic mass is 32.2. The summed E-state index contributed by atoms with van der Waals surface area (Å²) in [7, 11) is 0. The van der Waals surface area contributed by atoms with Crippen LogP contribution in [0.1, 0.15) is 13.3 Å². The minimum Gasteiger partial charge on any atom is -0.486 e. The molecule has 2 rings (SSSR count). The van der Waals surface area contributed by atoms with Gasteiger partial charge in [-0.05, 0) is 31.5 Å². The van der Waals surface area contributed by atoms with Gasteiger partial charge < -0.3 is 19.3 Å². The van der Waals surface area contributed by atoms with E-state index in [1.54, 1.807) is 18.7 Å². The second-order valence-electron chi connectivity index (χ2n) is 4.22. The first-order chi connectivity index (χ1) is 9.70. The van der Waals surface area contributed by atoms with Crippen molar-refractivity contribution in [2.24, 2.45) is 0 Å². The molecule has 1 unspecified atom stereocenters. The fourth-order valence-electron chi connectivity index (χ4n) is 1.88. The smallest absolute Gasteiger partial charge is 0.332 e. The van der Waals surface area contributed by atoms with Crippen LogP contribution in [0.2, 0.25) is 0 Å². The molecule has 1 aliphatic heterocycles. The Hall–Kier alpha value is -1.40. The van der Waals surface area contributed by atoms with E-state index in [-0.39, 0.29) is 0 Å². The van der Waals surface area contributed by atoms with E-state index in [9.17, 15) is 4.79 Å². The van der Waals surface area contributed by atoms with Crippen molar-refractivity contribution in [3.05, 3.63) is 18.2 Å². The summed E-state index contributed by atoms with van der Waals surface area (Å²) in [4.78, 5) is 12.0. The molecule has 0 saturated heterocycles. The molecule has 0 fully saturated rings. The number of thioether (sulfide) groups is 1. The lowest BCUT2D eigenvalue weighted by atomic mass is 10.3. The van der Waals surface area contributed by atoms with Crippen LogP contribution >= 0.6 is 11.8 Å². The topological polar surface area (TPSA) is 65.0 Å². The SMILES string of the molecule is CCOC(CCSc1ccc2c(c1)OCCO2)C(=O)O. The minimum absolute atomic E-state index is 0.408. The Morgan fingerprint density at radius 2 is 2.15 bits per heavy atom. The van der Waals surface area contributed by atoms with E-state index in [1.807, 2.05) is 18.2 Å². The maximum absolute atomic E-state index is 11.0.